The van der Waals surface area contributed by atoms with Gasteiger partial charge in [0, 0.05) is 0 Å². The smallest absolute Gasteiger partial charge is 0.0701 e. The fourth-order valence-electron chi connectivity index (χ4n) is 0.177. The van der Waals surface area contributed by atoms with Crippen LogP contribution in [-0.2, 0) is 4.74 Å². The molecule has 0 atom stereocenters. The summed E-state index contributed by atoms with van der Waals surface area (Å²) < 4.78 is 4.50. The SMILES string of the molecule is C1CNC1.C1CO1.[SiH4]. The second-order valence-electron chi connectivity index (χ2n) is 1.72. The molecule has 2 heterocycles. The number of hydrogen-bond acceptors (Lipinski definition) is 2. The molecule has 0 aromatic rings. The molecule has 50 valence electrons. The summed E-state index contributed by atoms with van der Waals surface area (Å²) in [5, 5.41) is 3.11. The van der Waals surface area contributed by atoms with Crippen molar-refractivity contribution in [1.29, 1.82) is 0 Å². The summed E-state index contributed by atoms with van der Waals surface area (Å²) >= 11 is 0. The van der Waals surface area contributed by atoms with E-state index in [1.165, 1.54) is 19.5 Å². The molecule has 0 aromatic carbocycles. The number of hydrogen-bond donors (Lipinski definition) is 1. The van der Waals surface area contributed by atoms with Crippen molar-refractivity contribution in [2.24, 2.45) is 0 Å². The second kappa shape index (κ2) is 5.28. The maximum Gasteiger partial charge on any atom is 0.0701 e. The molecule has 0 unspecified atom stereocenters. The van der Waals surface area contributed by atoms with Crippen LogP contribution < -0.4 is 5.32 Å². The van der Waals surface area contributed by atoms with Gasteiger partial charge >= 0.3 is 0 Å². The molecule has 3 heteroatoms. The first-order valence-electron chi connectivity index (χ1n) is 2.78. The monoisotopic (exact) mass is 133 g/mol. The Bertz CT molecular complexity index is 38.9. The normalized spacial score (nSPS) is 21.0. The van der Waals surface area contributed by atoms with E-state index in [9.17, 15) is 0 Å². The van der Waals surface area contributed by atoms with Gasteiger partial charge in [-0.2, -0.15) is 0 Å². The van der Waals surface area contributed by atoms with Gasteiger partial charge in [-0.3, -0.25) is 0 Å². The zero-order valence-corrected chi connectivity index (χ0v) is 4.44. The Balaban J connectivity index is 0.000000112. The molecular weight excluding hydrogens is 118 g/mol. The lowest BCUT2D eigenvalue weighted by atomic mass is 10.3. The van der Waals surface area contributed by atoms with Crippen molar-refractivity contribution in [2.75, 3.05) is 26.3 Å². The molecule has 0 saturated carbocycles. The van der Waals surface area contributed by atoms with Gasteiger partial charge in [-0.05, 0) is 30.5 Å². The summed E-state index contributed by atoms with van der Waals surface area (Å²) in [5.74, 6) is 0. The van der Waals surface area contributed by atoms with Gasteiger partial charge in [0.25, 0.3) is 0 Å². The first-order valence-corrected chi connectivity index (χ1v) is 2.78. The van der Waals surface area contributed by atoms with Crippen LogP contribution in [0, 0.1) is 0 Å². The molecule has 2 nitrogen and oxygen atoms in total. The van der Waals surface area contributed by atoms with Gasteiger partial charge in [0.05, 0.1) is 13.2 Å². The van der Waals surface area contributed by atoms with Gasteiger partial charge in [-0.15, -0.1) is 0 Å². The highest BCUT2D eigenvalue weighted by Gasteiger charge is 1.94. The van der Waals surface area contributed by atoms with E-state index in [1.807, 2.05) is 0 Å². The maximum atomic E-state index is 4.50. The first kappa shape index (κ1) is 8.14. The molecule has 2 aliphatic rings. The molecule has 2 aliphatic heterocycles. The standard InChI is InChI=1S/C3H7N.C2H4O.H4Si/c1-2-4-3-1;1-2-3-1;/h4H,1-3H2;1-2H2;1H4. The van der Waals surface area contributed by atoms with E-state index < -0.39 is 0 Å². The van der Waals surface area contributed by atoms with Gasteiger partial charge in [0.1, 0.15) is 0 Å². The third-order valence-corrected chi connectivity index (χ3v) is 0.911. The van der Waals surface area contributed by atoms with Crippen LogP contribution in [0.15, 0.2) is 0 Å². The van der Waals surface area contributed by atoms with Crippen LogP contribution >= 0.6 is 0 Å². The van der Waals surface area contributed by atoms with Crippen LogP contribution in [0.2, 0.25) is 0 Å². The van der Waals surface area contributed by atoms with Crippen molar-refractivity contribution >= 4 is 11.0 Å². The van der Waals surface area contributed by atoms with Crippen LogP contribution in [0.25, 0.3) is 0 Å². The molecule has 2 rings (SSSR count). The minimum atomic E-state index is 0. The molecule has 2 saturated heterocycles. The number of rotatable bonds is 0. The Hall–Kier alpha value is 0.137. The summed E-state index contributed by atoms with van der Waals surface area (Å²) in [6.45, 7) is 4.50. The Morgan fingerprint density at radius 2 is 1.38 bits per heavy atom. The summed E-state index contributed by atoms with van der Waals surface area (Å²) in [7, 11) is 0. The lowest BCUT2D eigenvalue weighted by molar-refractivity contribution is 0.475. The molecular formula is C5H15NOSi. The van der Waals surface area contributed by atoms with Crippen molar-refractivity contribution in [3.63, 3.8) is 0 Å². The van der Waals surface area contributed by atoms with Crippen molar-refractivity contribution in [2.45, 2.75) is 6.42 Å². The summed E-state index contributed by atoms with van der Waals surface area (Å²) in [5.41, 5.74) is 0. The van der Waals surface area contributed by atoms with Crippen LogP contribution in [0.4, 0.5) is 0 Å². The van der Waals surface area contributed by atoms with Gasteiger partial charge in [-0.25, -0.2) is 0 Å². The van der Waals surface area contributed by atoms with Crippen LogP contribution in [0.1, 0.15) is 6.42 Å². The molecule has 1 N–H and O–H groups in total. The molecule has 2 fully saturated rings. The molecule has 0 aliphatic carbocycles. The van der Waals surface area contributed by atoms with Crippen LogP contribution in [-0.4, -0.2) is 37.3 Å². The van der Waals surface area contributed by atoms with E-state index >= 15 is 0 Å². The minimum Gasteiger partial charge on any atom is -0.377 e. The van der Waals surface area contributed by atoms with Crippen molar-refractivity contribution in [3.8, 4) is 0 Å². The van der Waals surface area contributed by atoms with Gasteiger partial charge in [0.2, 0.25) is 0 Å². The van der Waals surface area contributed by atoms with Crippen LogP contribution in [0.3, 0.4) is 0 Å². The van der Waals surface area contributed by atoms with Crippen molar-refractivity contribution in [3.05, 3.63) is 0 Å². The Morgan fingerprint density at radius 3 is 1.38 bits per heavy atom. The molecule has 0 amide bonds. The van der Waals surface area contributed by atoms with Crippen LogP contribution in [0.5, 0.6) is 0 Å². The maximum absolute atomic E-state index is 4.50. The third kappa shape index (κ3) is 6.14. The predicted octanol–water partition coefficient (Wildman–Crippen LogP) is -1.46. The van der Waals surface area contributed by atoms with E-state index in [0.29, 0.717) is 0 Å². The highest BCUT2D eigenvalue weighted by atomic mass is 28.1. The fraction of sp³-hybridized carbons (Fsp3) is 1.00. The topological polar surface area (TPSA) is 24.6 Å². The zero-order chi connectivity index (χ0) is 4.95. The van der Waals surface area contributed by atoms with Gasteiger partial charge in [-0.1, -0.05) is 0 Å². The summed E-state index contributed by atoms with van der Waals surface area (Å²) in [4.78, 5) is 0. The largest absolute Gasteiger partial charge is 0.377 e. The number of nitrogens with one attached hydrogen (secondary N) is 1. The van der Waals surface area contributed by atoms with Gasteiger partial charge < -0.3 is 10.1 Å². The Labute approximate surface area is 54.6 Å². The van der Waals surface area contributed by atoms with E-state index in [4.69, 9.17) is 0 Å². The molecule has 0 radical (unpaired) electrons. The quantitative estimate of drug-likeness (QED) is 0.323. The molecule has 0 bridgehead atoms. The zero-order valence-electron chi connectivity index (χ0n) is 4.44. The van der Waals surface area contributed by atoms with Crippen molar-refractivity contribution in [1.82, 2.24) is 5.32 Å². The van der Waals surface area contributed by atoms with E-state index in [1.54, 1.807) is 0 Å². The summed E-state index contributed by atoms with van der Waals surface area (Å²) in [6.07, 6.45) is 1.39. The number of epoxide rings is 1. The minimum absolute atomic E-state index is 0. The summed E-state index contributed by atoms with van der Waals surface area (Å²) in [6, 6.07) is 0. The lowest BCUT2D eigenvalue weighted by Crippen LogP contribution is -2.29. The second-order valence-corrected chi connectivity index (χ2v) is 1.72. The van der Waals surface area contributed by atoms with E-state index in [-0.39, 0.29) is 11.0 Å². The predicted molar refractivity (Wildman–Crippen MR) is 39.6 cm³/mol. The lowest BCUT2D eigenvalue weighted by Gasteiger charge is -2.09. The van der Waals surface area contributed by atoms with Crippen molar-refractivity contribution < 1.29 is 4.74 Å². The Kier molecular flexibility index (Phi) is 5.37. The highest BCUT2D eigenvalue weighted by molar-refractivity contribution is 5.75. The average Bonchev–Trinajstić information content (AvgIpc) is 1.95. The molecule has 0 spiro atoms. The highest BCUT2D eigenvalue weighted by Crippen LogP contribution is 1.84. The molecule has 0 aromatic heterocycles. The Morgan fingerprint density at radius 1 is 1.12 bits per heavy atom. The first-order chi connectivity index (χ1) is 3.50. The van der Waals surface area contributed by atoms with E-state index in [0.717, 1.165) is 13.2 Å². The number of ether oxygens (including phenoxy) is 1. The average molecular weight is 133 g/mol. The van der Waals surface area contributed by atoms with E-state index in [2.05, 4.69) is 10.1 Å². The third-order valence-electron chi connectivity index (χ3n) is 0.911. The van der Waals surface area contributed by atoms with Gasteiger partial charge in [0.15, 0.2) is 0 Å². The fourth-order valence-corrected chi connectivity index (χ4v) is 0.177. The molecule has 8 heavy (non-hydrogen) atoms.